The molecule has 5 heteroatoms. The molecular formula is C17H16N2O3. The van der Waals surface area contributed by atoms with Crippen LogP contribution in [0.1, 0.15) is 15.9 Å². The van der Waals surface area contributed by atoms with E-state index in [1.807, 2.05) is 36.4 Å². The molecule has 0 atom stereocenters. The van der Waals surface area contributed by atoms with Crippen LogP contribution in [0.25, 0.3) is 0 Å². The number of carbonyl (C=O) groups excluding carboxylic acids is 2. The van der Waals surface area contributed by atoms with Crippen molar-refractivity contribution in [3.63, 3.8) is 0 Å². The maximum atomic E-state index is 11.7. The van der Waals surface area contributed by atoms with Gasteiger partial charge in [-0.15, -0.1) is 0 Å². The molecule has 112 valence electrons. The van der Waals surface area contributed by atoms with Crippen LogP contribution in [0.2, 0.25) is 0 Å². The molecule has 5 nitrogen and oxygen atoms in total. The fraction of sp³-hybridized carbons (Fsp3) is 0.0588. The number of hydrogen-bond donors (Lipinski definition) is 2. The molecular weight excluding hydrogens is 280 g/mol. The van der Waals surface area contributed by atoms with Crippen LogP contribution in [0.3, 0.4) is 0 Å². The van der Waals surface area contributed by atoms with Gasteiger partial charge in [0.1, 0.15) is 6.61 Å². The Kier molecular flexibility index (Phi) is 5.75. The van der Waals surface area contributed by atoms with E-state index in [4.69, 9.17) is 4.74 Å². The Bertz CT molecular complexity index is 639. The Labute approximate surface area is 128 Å². The molecule has 0 unspecified atom stereocenters. The molecule has 2 aromatic carbocycles. The van der Waals surface area contributed by atoms with Crippen molar-refractivity contribution in [2.45, 2.75) is 6.61 Å². The lowest BCUT2D eigenvalue weighted by Gasteiger charge is -2.04. The summed E-state index contributed by atoms with van der Waals surface area (Å²) in [6.45, 7) is 0.191. The topological polar surface area (TPSA) is 67.4 Å². The highest BCUT2D eigenvalue weighted by atomic mass is 16.5. The summed E-state index contributed by atoms with van der Waals surface area (Å²) in [4.78, 5) is 23.1. The molecule has 22 heavy (non-hydrogen) atoms. The maximum Gasteiger partial charge on any atom is 0.411 e. The standard InChI is InChI=1S/C17H16N2O3/c20-16(15-9-5-2-6-10-15)18-11-12-19-17(21)22-13-14-7-3-1-4-8-14/h1-12H,13H2,(H,18,20)(H,19,21)/b12-11-. The molecule has 0 spiro atoms. The van der Waals surface area contributed by atoms with E-state index in [0.717, 1.165) is 5.56 Å². The summed E-state index contributed by atoms with van der Waals surface area (Å²) < 4.78 is 5.01. The molecule has 0 saturated heterocycles. The molecule has 2 N–H and O–H groups in total. The minimum atomic E-state index is -0.589. The number of carbonyl (C=O) groups is 2. The van der Waals surface area contributed by atoms with Crippen molar-refractivity contribution in [2.24, 2.45) is 0 Å². The molecule has 2 aromatic rings. The maximum absolute atomic E-state index is 11.7. The third-order valence-corrected chi connectivity index (χ3v) is 2.75. The summed E-state index contributed by atoms with van der Waals surface area (Å²) in [5, 5.41) is 4.94. The van der Waals surface area contributed by atoms with E-state index in [0.29, 0.717) is 5.56 Å². The number of nitrogens with one attached hydrogen (secondary N) is 2. The summed E-state index contributed by atoms with van der Waals surface area (Å²) in [6.07, 6.45) is 2.07. The van der Waals surface area contributed by atoms with Gasteiger partial charge in [0, 0.05) is 18.0 Å². The van der Waals surface area contributed by atoms with Crippen LogP contribution in [0.15, 0.2) is 73.1 Å². The van der Waals surface area contributed by atoms with E-state index in [2.05, 4.69) is 10.6 Å². The predicted octanol–water partition coefficient (Wildman–Crippen LogP) is 2.81. The zero-order chi connectivity index (χ0) is 15.6. The third kappa shape index (κ3) is 5.13. The van der Waals surface area contributed by atoms with Gasteiger partial charge in [0.2, 0.25) is 0 Å². The van der Waals surface area contributed by atoms with Crippen LogP contribution in [0.4, 0.5) is 4.79 Å². The first kappa shape index (κ1) is 15.3. The molecule has 0 radical (unpaired) electrons. The fourth-order valence-corrected chi connectivity index (χ4v) is 1.66. The summed E-state index contributed by atoms with van der Waals surface area (Å²) >= 11 is 0. The molecule has 0 aromatic heterocycles. The predicted molar refractivity (Wildman–Crippen MR) is 82.8 cm³/mol. The molecule has 0 heterocycles. The van der Waals surface area contributed by atoms with Gasteiger partial charge in [0.25, 0.3) is 5.91 Å². The third-order valence-electron chi connectivity index (χ3n) is 2.75. The van der Waals surface area contributed by atoms with Gasteiger partial charge in [0.05, 0.1) is 0 Å². The number of amides is 2. The highest BCUT2D eigenvalue weighted by Crippen LogP contribution is 2.00. The molecule has 0 aliphatic heterocycles. The molecule has 0 fully saturated rings. The van der Waals surface area contributed by atoms with Gasteiger partial charge in [-0.1, -0.05) is 48.5 Å². The molecule has 2 amide bonds. The van der Waals surface area contributed by atoms with E-state index < -0.39 is 6.09 Å². The van der Waals surface area contributed by atoms with Gasteiger partial charge in [-0.2, -0.15) is 0 Å². The average Bonchev–Trinajstić information content (AvgIpc) is 2.58. The summed E-state index contributed by atoms with van der Waals surface area (Å²) in [7, 11) is 0. The second-order valence-electron chi connectivity index (χ2n) is 4.38. The number of ether oxygens (including phenoxy) is 1. The molecule has 2 rings (SSSR count). The van der Waals surface area contributed by atoms with Gasteiger partial charge < -0.3 is 10.1 Å². The lowest BCUT2D eigenvalue weighted by molar-refractivity contribution is 0.0969. The van der Waals surface area contributed by atoms with Crippen LogP contribution in [-0.2, 0) is 11.3 Å². The minimum absolute atomic E-state index is 0.191. The van der Waals surface area contributed by atoms with Crippen molar-refractivity contribution in [1.82, 2.24) is 10.6 Å². The van der Waals surface area contributed by atoms with E-state index in [-0.39, 0.29) is 12.5 Å². The van der Waals surface area contributed by atoms with E-state index in [1.54, 1.807) is 24.3 Å². The first-order chi connectivity index (χ1) is 10.8. The van der Waals surface area contributed by atoms with Gasteiger partial charge in [-0.05, 0) is 17.7 Å². The molecule has 0 aliphatic rings. The van der Waals surface area contributed by atoms with Crippen molar-refractivity contribution < 1.29 is 14.3 Å². The lowest BCUT2D eigenvalue weighted by atomic mass is 10.2. The largest absolute Gasteiger partial charge is 0.444 e. The molecule has 0 aliphatic carbocycles. The van der Waals surface area contributed by atoms with Crippen LogP contribution < -0.4 is 10.6 Å². The first-order valence-electron chi connectivity index (χ1n) is 6.74. The van der Waals surface area contributed by atoms with Crippen molar-refractivity contribution in [1.29, 1.82) is 0 Å². The van der Waals surface area contributed by atoms with Crippen molar-refractivity contribution in [3.8, 4) is 0 Å². The smallest absolute Gasteiger partial charge is 0.411 e. The van der Waals surface area contributed by atoms with Crippen LogP contribution in [0.5, 0.6) is 0 Å². The zero-order valence-corrected chi connectivity index (χ0v) is 11.9. The quantitative estimate of drug-likeness (QED) is 0.891. The number of benzene rings is 2. The SMILES string of the molecule is O=C(N/C=C\NC(=O)c1ccccc1)OCc1ccccc1. The first-order valence-corrected chi connectivity index (χ1v) is 6.74. The fourth-order valence-electron chi connectivity index (χ4n) is 1.66. The Balaban J connectivity index is 1.69. The number of rotatable bonds is 5. The Morgan fingerprint density at radius 3 is 2.14 bits per heavy atom. The van der Waals surface area contributed by atoms with Crippen molar-refractivity contribution >= 4 is 12.0 Å². The monoisotopic (exact) mass is 296 g/mol. The van der Waals surface area contributed by atoms with E-state index >= 15 is 0 Å². The van der Waals surface area contributed by atoms with Crippen LogP contribution in [-0.4, -0.2) is 12.0 Å². The van der Waals surface area contributed by atoms with Crippen molar-refractivity contribution in [3.05, 3.63) is 84.2 Å². The van der Waals surface area contributed by atoms with Gasteiger partial charge in [-0.25, -0.2) is 4.79 Å². The summed E-state index contributed by atoms with van der Waals surface area (Å²) in [5.41, 5.74) is 1.44. The van der Waals surface area contributed by atoms with E-state index in [1.165, 1.54) is 12.4 Å². The average molecular weight is 296 g/mol. The summed E-state index contributed by atoms with van der Waals surface area (Å²) in [5.74, 6) is -0.253. The second-order valence-corrected chi connectivity index (χ2v) is 4.38. The highest BCUT2D eigenvalue weighted by molar-refractivity contribution is 5.94. The van der Waals surface area contributed by atoms with Crippen LogP contribution >= 0.6 is 0 Å². The number of alkyl carbamates (subject to hydrolysis) is 1. The molecule has 0 bridgehead atoms. The Morgan fingerprint density at radius 1 is 0.864 bits per heavy atom. The van der Waals surface area contributed by atoms with Crippen molar-refractivity contribution in [2.75, 3.05) is 0 Å². The lowest BCUT2D eigenvalue weighted by Crippen LogP contribution is -2.21. The minimum Gasteiger partial charge on any atom is -0.444 e. The van der Waals surface area contributed by atoms with E-state index in [9.17, 15) is 9.59 Å². The highest BCUT2D eigenvalue weighted by Gasteiger charge is 2.01. The summed E-state index contributed by atoms with van der Waals surface area (Å²) in [6, 6.07) is 18.1. The number of hydrogen-bond acceptors (Lipinski definition) is 3. The Morgan fingerprint density at radius 2 is 1.45 bits per heavy atom. The normalized spacial score (nSPS) is 10.2. The second kappa shape index (κ2) is 8.26. The van der Waals surface area contributed by atoms with Gasteiger partial charge in [-0.3, -0.25) is 10.1 Å². The zero-order valence-electron chi connectivity index (χ0n) is 11.9. The van der Waals surface area contributed by atoms with Gasteiger partial charge >= 0.3 is 6.09 Å². The Hall–Kier alpha value is -3.08. The van der Waals surface area contributed by atoms with Gasteiger partial charge in [0.15, 0.2) is 0 Å². The molecule has 0 saturated carbocycles. The van der Waals surface area contributed by atoms with Crippen LogP contribution in [0, 0.1) is 0 Å².